The van der Waals surface area contributed by atoms with E-state index in [-0.39, 0.29) is 18.2 Å². The molecule has 3 aromatic rings. The van der Waals surface area contributed by atoms with Gasteiger partial charge in [0.1, 0.15) is 5.82 Å². The second kappa shape index (κ2) is 7.39. The second-order valence-corrected chi connectivity index (χ2v) is 7.39. The van der Waals surface area contributed by atoms with Gasteiger partial charge in [0.05, 0.1) is 22.7 Å². The Kier molecular flexibility index (Phi) is 5.01. The van der Waals surface area contributed by atoms with E-state index in [4.69, 9.17) is 11.6 Å². The van der Waals surface area contributed by atoms with Gasteiger partial charge in [-0.25, -0.2) is 4.39 Å². The summed E-state index contributed by atoms with van der Waals surface area (Å²) in [4.78, 5) is 14.4. The fourth-order valence-electron chi connectivity index (χ4n) is 3.50. The van der Waals surface area contributed by atoms with Crippen LogP contribution in [0.5, 0.6) is 0 Å². The molecule has 0 spiro atoms. The zero-order valence-corrected chi connectivity index (χ0v) is 16.4. The fraction of sp³-hybridized carbons (Fsp3) is 0.250. The predicted octanol–water partition coefficient (Wildman–Crippen LogP) is 4.80. The molecule has 1 atom stereocenters. The van der Waals surface area contributed by atoms with Crippen LogP contribution in [0, 0.1) is 5.82 Å². The third-order valence-corrected chi connectivity index (χ3v) is 5.40. The van der Waals surface area contributed by atoms with Crippen LogP contribution in [0.15, 0.2) is 42.5 Å². The molecule has 0 bridgehead atoms. The van der Waals surface area contributed by atoms with Crippen LogP contribution in [0.25, 0.3) is 11.4 Å². The minimum absolute atomic E-state index is 0.0366. The smallest absolute Gasteiger partial charge is 0.327 e. The zero-order valence-electron chi connectivity index (χ0n) is 15.6. The predicted molar refractivity (Wildman–Crippen MR) is 101 cm³/mol. The molecule has 30 heavy (non-hydrogen) atoms. The first-order valence-electron chi connectivity index (χ1n) is 9.01. The molecule has 1 amide bonds. The minimum atomic E-state index is -4.67. The fourth-order valence-corrected chi connectivity index (χ4v) is 3.81. The number of amides is 1. The summed E-state index contributed by atoms with van der Waals surface area (Å²) in [5.41, 5.74) is -0.741. The molecule has 0 fully saturated rings. The average molecular weight is 439 g/mol. The lowest BCUT2D eigenvalue weighted by atomic mass is 10.1. The number of fused-ring (bicyclic) bond motifs is 1. The molecule has 0 unspecified atom stereocenters. The Hall–Kier alpha value is -2.94. The number of hydrogen-bond acceptors (Lipinski definition) is 3. The summed E-state index contributed by atoms with van der Waals surface area (Å²) in [6, 6.07) is 8.79. The summed E-state index contributed by atoms with van der Waals surface area (Å²) in [5, 5.41) is 7.56. The Morgan fingerprint density at radius 3 is 2.60 bits per heavy atom. The van der Waals surface area contributed by atoms with Crippen LogP contribution in [0.1, 0.15) is 28.7 Å². The van der Waals surface area contributed by atoms with Gasteiger partial charge in [0.15, 0.2) is 11.6 Å². The molecule has 1 aliphatic heterocycles. The summed E-state index contributed by atoms with van der Waals surface area (Å²) >= 11 is 5.92. The van der Waals surface area contributed by atoms with E-state index in [0.717, 1.165) is 12.1 Å². The van der Waals surface area contributed by atoms with Crippen LogP contribution in [-0.2, 0) is 19.3 Å². The number of aromatic nitrogens is 3. The van der Waals surface area contributed by atoms with Gasteiger partial charge in [-0.3, -0.25) is 4.79 Å². The second-order valence-electron chi connectivity index (χ2n) is 7.01. The van der Waals surface area contributed by atoms with E-state index in [1.165, 1.54) is 23.1 Å². The molecular weight excluding hydrogens is 424 g/mol. The van der Waals surface area contributed by atoms with E-state index in [2.05, 4.69) is 10.2 Å². The maximum Gasteiger partial charge on any atom is 0.417 e. The Balaban J connectivity index is 1.66. The van der Waals surface area contributed by atoms with Crippen LogP contribution in [0.2, 0.25) is 5.02 Å². The molecule has 1 aromatic heterocycles. The van der Waals surface area contributed by atoms with Gasteiger partial charge >= 0.3 is 6.18 Å². The van der Waals surface area contributed by atoms with E-state index in [0.29, 0.717) is 23.8 Å². The summed E-state index contributed by atoms with van der Waals surface area (Å²) in [6.45, 7) is 2.10. The maximum atomic E-state index is 13.6. The van der Waals surface area contributed by atoms with E-state index < -0.39 is 28.5 Å². The van der Waals surface area contributed by atoms with Gasteiger partial charge in [-0.1, -0.05) is 29.8 Å². The van der Waals surface area contributed by atoms with Gasteiger partial charge in [-0.2, -0.15) is 13.2 Å². The standard InChI is InChI=1S/C20H15ClF4N4O/c1-11-9-29-16(26-27-18(29)12-4-2-5-13(22)8-12)10-28(11)19(30)14-6-3-7-15(17(14)21)20(23,24)25/h2-8,11H,9-10H2,1H3/t11-/m0/s1. The molecule has 0 N–H and O–H groups in total. The molecule has 2 heterocycles. The molecule has 0 aliphatic carbocycles. The lowest BCUT2D eigenvalue weighted by Gasteiger charge is -2.34. The molecule has 0 saturated heterocycles. The number of hydrogen-bond donors (Lipinski definition) is 0. The summed E-state index contributed by atoms with van der Waals surface area (Å²) in [6.07, 6.45) is -4.67. The normalized spacial score (nSPS) is 16.5. The maximum absolute atomic E-state index is 13.6. The third kappa shape index (κ3) is 3.54. The van der Waals surface area contributed by atoms with Crippen LogP contribution < -0.4 is 0 Å². The van der Waals surface area contributed by atoms with E-state index in [9.17, 15) is 22.4 Å². The largest absolute Gasteiger partial charge is 0.417 e. The first-order chi connectivity index (χ1) is 14.2. The van der Waals surface area contributed by atoms with Crippen LogP contribution in [-0.4, -0.2) is 31.6 Å². The number of carbonyl (C=O) groups excluding carboxylic acids is 1. The summed E-state index contributed by atoms with van der Waals surface area (Å²) < 4.78 is 54.8. The van der Waals surface area contributed by atoms with Crippen LogP contribution in [0.4, 0.5) is 17.6 Å². The highest BCUT2D eigenvalue weighted by Gasteiger charge is 2.37. The molecule has 156 valence electrons. The number of carbonyl (C=O) groups is 1. The Labute approximate surface area is 173 Å². The lowest BCUT2D eigenvalue weighted by Crippen LogP contribution is -2.45. The van der Waals surface area contributed by atoms with Crippen LogP contribution >= 0.6 is 11.6 Å². The van der Waals surface area contributed by atoms with Crippen molar-refractivity contribution in [2.75, 3.05) is 0 Å². The van der Waals surface area contributed by atoms with E-state index in [1.54, 1.807) is 23.6 Å². The zero-order chi connectivity index (χ0) is 21.6. The lowest BCUT2D eigenvalue weighted by molar-refractivity contribution is -0.137. The molecule has 5 nitrogen and oxygen atoms in total. The number of rotatable bonds is 2. The van der Waals surface area contributed by atoms with Crippen molar-refractivity contribution in [2.24, 2.45) is 0 Å². The minimum Gasteiger partial charge on any atom is -0.327 e. The van der Waals surface area contributed by atoms with Crippen molar-refractivity contribution in [3.8, 4) is 11.4 Å². The molecular formula is C20H15ClF4N4O. The Morgan fingerprint density at radius 1 is 1.17 bits per heavy atom. The van der Waals surface area contributed by atoms with Gasteiger partial charge in [-0.05, 0) is 31.2 Å². The highest BCUT2D eigenvalue weighted by molar-refractivity contribution is 6.34. The summed E-state index contributed by atoms with van der Waals surface area (Å²) in [7, 11) is 0. The molecule has 0 radical (unpaired) electrons. The highest BCUT2D eigenvalue weighted by Crippen LogP contribution is 2.37. The molecule has 0 saturated carbocycles. The SMILES string of the molecule is C[C@H]1Cn2c(nnc2-c2cccc(F)c2)CN1C(=O)c1cccc(C(F)(F)F)c1Cl. The number of alkyl halides is 3. The Bertz CT molecular complexity index is 1130. The molecule has 4 rings (SSSR count). The van der Waals surface area contributed by atoms with Crippen molar-refractivity contribution in [1.82, 2.24) is 19.7 Å². The average Bonchev–Trinajstić information content (AvgIpc) is 3.08. The van der Waals surface area contributed by atoms with E-state index >= 15 is 0 Å². The quantitative estimate of drug-likeness (QED) is 0.540. The van der Waals surface area contributed by atoms with Crippen LogP contribution in [0.3, 0.4) is 0 Å². The number of nitrogens with zero attached hydrogens (tertiary/aromatic N) is 4. The molecule has 10 heteroatoms. The highest BCUT2D eigenvalue weighted by atomic mass is 35.5. The topological polar surface area (TPSA) is 51.0 Å². The summed E-state index contributed by atoms with van der Waals surface area (Å²) in [5.74, 6) is -0.130. The monoisotopic (exact) mass is 438 g/mol. The number of halogens is 5. The third-order valence-electron chi connectivity index (χ3n) is 5.00. The first kappa shape index (κ1) is 20.3. The van der Waals surface area contributed by atoms with Gasteiger partial charge in [0, 0.05) is 18.2 Å². The number of benzene rings is 2. The van der Waals surface area contributed by atoms with Gasteiger partial charge in [0.25, 0.3) is 5.91 Å². The van der Waals surface area contributed by atoms with Crippen molar-refractivity contribution in [3.05, 3.63) is 70.3 Å². The Morgan fingerprint density at radius 2 is 1.90 bits per heavy atom. The van der Waals surface area contributed by atoms with Crippen molar-refractivity contribution in [2.45, 2.75) is 32.2 Å². The van der Waals surface area contributed by atoms with Crippen molar-refractivity contribution in [1.29, 1.82) is 0 Å². The molecule has 1 aliphatic rings. The van der Waals surface area contributed by atoms with Gasteiger partial charge in [-0.15, -0.1) is 10.2 Å². The van der Waals surface area contributed by atoms with Crippen molar-refractivity contribution in [3.63, 3.8) is 0 Å². The van der Waals surface area contributed by atoms with Crippen molar-refractivity contribution >= 4 is 17.5 Å². The molecule has 2 aromatic carbocycles. The van der Waals surface area contributed by atoms with E-state index in [1.807, 2.05) is 0 Å². The first-order valence-corrected chi connectivity index (χ1v) is 9.39. The van der Waals surface area contributed by atoms with Gasteiger partial charge < -0.3 is 9.47 Å². The van der Waals surface area contributed by atoms with Gasteiger partial charge in [0.2, 0.25) is 0 Å². The van der Waals surface area contributed by atoms with Crippen molar-refractivity contribution < 1.29 is 22.4 Å².